The number of alkyl halides is 1. The Balaban J connectivity index is 1.12. The summed E-state index contributed by atoms with van der Waals surface area (Å²) in [6.07, 6.45) is -5.46. The van der Waals surface area contributed by atoms with Crippen molar-refractivity contribution in [1.29, 1.82) is 0 Å². The molecule has 20 nitrogen and oxygen atoms in total. The minimum atomic E-state index is -4.38. The number of H-pyrrole nitrogens is 1. The summed E-state index contributed by atoms with van der Waals surface area (Å²) in [6, 6.07) is 0. The van der Waals surface area contributed by atoms with E-state index in [0.717, 1.165) is 0 Å². The van der Waals surface area contributed by atoms with Crippen molar-refractivity contribution in [1.82, 2.24) is 43.4 Å². The summed E-state index contributed by atoms with van der Waals surface area (Å²) in [7, 11) is 0. The van der Waals surface area contributed by atoms with E-state index in [-0.39, 0.29) is 33.9 Å². The molecule has 0 aromatic carbocycles. The van der Waals surface area contributed by atoms with Gasteiger partial charge in [0.1, 0.15) is 48.0 Å². The SMILES string of the molecule is Nc1ncnc2c1ncn2[C@@H]1O[C@@H]2COP(O)(=S)O[C@H]3[C@H](F)[C@H](n4cnc5c(=O)n6ccnc6[nH]c54)O[C@@H]3COP(=O)(S)O[C@@H]1[C@@H]2O. The number of nitrogens with one attached hydrogen (secondary N) is 1. The summed E-state index contributed by atoms with van der Waals surface area (Å²) >= 11 is 9.28. The second-order valence-corrected chi connectivity index (χ2v) is 16.4. The maximum atomic E-state index is 16.2. The molecule has 25 heteroatoms. The lowest BCUT2D eigenvalue weighted by atomic mass is 10.1. The van der Waals surface area contributed by atoms with Crippen LogP contribution in [0.5, 0.6) is 0 Å². The van der Waals surface area contributed by atoms with Gasteiger partial charge in [0.25, 0.3) is 5.56 Å². The van der Waals surface area contributed by atoms with Crippen LogP contribution >= 0.6 is 25.8 Å². The van der Waals surface area contributed by atoms with E-state index in [2.05, 4.69) is 42.2 Å². The van der Waals surface area contributed by atoms with Crippen LogP contribution in [0.1, 0.15) is 12.5 Å². The van der Waals surface area contributed by atoms with Crippen molar-refractivity contribution in [2.75, 3.05) is 18.9 Å². The van der Waals surface area contributed by atoms with Gasteiger partial charge in [-0.25, -0.2) is 38.3 Å². The number of nitrogen functional groups attached to an aromatic ring is 1. The minimum absolute atomic E-state index is 0.0297. The third-order valence-electron chi connectivity index (χ3n) is 7.91. The number of rotatable bonds is 2. The number of ether oxygens (including phenoxy) is 2. The fourth-order valence-corrected chi connectivity index (χ4v) is 8.64. The third kappa shape index (κ3) is 5.30. The number of halogens is 1. The van der Waals surface area contributed by atoms with Gasteiger partial charge in [-0.05, 0) is 11.8 Å². The maximum absolute atomic E-state index is 16.2. The molecule has 2 bridgehead atoms. The normalized spacial score (nSPS) is 36.8. The van der Waals surface area contributed by atoms with Gasteiger partial charge in [-0.1, -0.05) is 12.2 Å². The summed E-state index contributed by atoms with van der Waals surface area (Å²) in [6.45, 7) is -9.87. The van der Waals surface area contributed by atoms with Crippen molar-refractivity contribution in [3.63, 3.8) is 0 Å². The van der Waals surface area contributed by atoms with Gasteiger partial charge < -0.3 is 34.7 Å². The van der Waals surface area contributed by atoms with Crippen molar-refractivity contribution in [2.45, 2.75) is 49.1 Å². The van der Waals surface area contributed by atoms with Gasteiger partial charge in [0.15, 0.2) is 35.6 Å². The van der Waals surface area contributed by atoms with Crippen LogP contribution < -0.4 is 11.3 Å². The molecule has 10 atom stereocenters. The summed E-state index contributed by atoms with van der Waals surface area (Å²) in [5, 5.41) is 11.2. The molecule has 250 valence electrons. The Morgan fingerprint density at radius 1 is 1.02 bits per heavy atom. The second kappa shape index (κ2) is 11.3. The number of hydrogen-bond donors (Lipinski definition) is 5. The molecule has 5 N–H and O–H groups in total. The highest BCUT2D eigenvalue weighted by Crippen LogP contribution is 2.58. The average Bonchev–Trinajstić information content (AvgIpc) is 3.85. The summed E-state index contributed by atoms with van der Waals surface area (Å²) in [5.74, 6) is 0.248. The lowest BCUT2D eigenvalue weighted by molar-refractivity contribution is -0.0584. The Bertz CT molecular complexity index is 2180. The molecule has 47 heavy (non-hydrogen) atoms. The third-order valence-corrected chi connectivity index (χ3v) is 11.1. The lowest BCUT2D eigenvalue weighted by Crippen LogP contribution is -2.35. The highest BCUT2D eigenvalue weighted by Gasteiger charge is 2.53. The molecule has 5 aromatic rings. The predicted octanol–water partition coefficient (Wildman–Crippen LogP) is 0.360. The van der Waals surface area contributed by atoms with Crippen LogP contribution in [0.2, 0.25) is 0 Å². The van der Waals surface area contributed by atoms with Gasteiger partial charge in [-0.15, -0.1) is 0 Å². The van der Waals surface area contributed by atoms with Crippen molar-refractivity contribution in [2.24, 2.45) is 0 Å². The summed E-state index contributed by atoms with van der Waals surface area (Å²) < 4.78 is 67.9. The molecule has 0 saturated carbocycles. The van der Waals surface area contributed by atoms with Crippen LogP contribution in [0.25, 0.3) is 28.1 Å². The highest BCUT2D eigenvalue weighted by molar-refractivity contribution is 8.44. The van der Waals surface area contributed by atoms with Crippen molar-refractivity contribution >= 4 is 71.5 Å². The van der Waals surface area contributed by atoms with Crippen LogP contribution in [0.4, 0.5) is 10.2 Å². The highest BCUT2D eigenvalue weighted by atomic mass is 32.7. The van der Waals surface area contributed by atoms with Gasteiger partial charge in [0.2, 0.25) is 5.78 Å². The standard InChI is InChI=1S/C22H23FN10O10P2S2/c23-10-14-9(41-20(10)33-7-29-12-18(33)30-22-25-1-2-31(22)19(12)35)4-39-45(37,47)43-15-13(34)8(3-38-44(36,46)42-14)40-21(15)32-6-28-11-16(24)26-5-27-17(11)32/h1-2,5-10,13-15,20-21,34H,3-4H2,(H,25,30)(H,36,46)(H,37,47)(H2,24,26,27)/t8-,9-,10+,13-,14-,15-,20-,21-,44?,45?/m1/s1. The topological polar surface area (TPSA) is 251 Å². The maximum Gasteiger partial charge on any atom is 0.386 e. The molecule has 8 rings (SSSR count). The zero-order chi connectivity index (χ0) is 32.8. The van der Waals surface area contributed by atoms with Crippen LogP contribution in [0, 0.1) is 0 Å². The molecular formula is C22H23FN10O10P2S2. The predicted molar refractivity (Wildman–Crippen MR) is 162 cm³/mol. The molecule has 0 aliphatic carbocycles. The minimum Gasteiger partial charge on any atom is -0.387 e. The second-order valence-electron chi connectivity index (χ2n) is 10.7. The Labute approximate surface area is 270 Å². The van der Waals surface area contributed by atoms with E-state index in [1.54, 1.807) is 0 Å². The number of hydrogen-bond acceptors (Lipinski definition) is 16. The molecule has 0 amide bonds. The van der Waals surface area contributed by atoms with E-state index < -0.39 is 81.4 Å². The zero-order valence-electron chi connectivity index (χ0n) is 23.4. The lowest BCUT2D eigenvalue weighted by Gasteiger charge is -2.27. The van der Waals surface area contributed by atoms with E-state index in [1.165, 1.54) is 44.9 Å². The smallest absolute Gasteiger partial charge is 0.386 e. The molecule has 3 aliphatic rings. The number of thiol groups is 1. The molecular weight excluding hydrogens is 709 g/mol. The Kier molecular flexibility index (Phi) is 7.55. The molecule has 2 unspecified atom stereocenters. The number of aliphatic hydroxyl groups is 1. The number of aromatic amines is 1. The van der Waals surface area contributed by atoms with E-state index in [4.69, 9.17) is 45.1 Å². The van der Waals surface area contributed by atoms with Crippen LogP contribution in [0.3, 0.4) is 0 Å². The van der Waals surface area contributed by atoms with E-state index in [1.807, 2.05) is 0 Å². The Morgan fingerprint density at radius 3 is 2.60 bits per heavy atom. The first-order valence-corrected chi connectivity index (χ1v) is 19.0. The van der Waals surface area contributed by atoms with Crippen LogP contribution in [-0.4, -0.2) is 103 Å². The largest absolute Gasteiger partial charge is 0.387 e. The fourth-order valence-electron chi connectivity index (χ4n) is 5.75. The first-order chi connectivity index (χ1) is 22.4. The molecule has 3 aliphatic heterocycles. The first-order valence-electron chi connectivity index (χ1n) is 13.7. The van der Waals surface area contributed by atoms with Crippen molar-refractivity contribution in [3.8, 4) is 0 Å². The number of aliphatic hydroxyl groups excluding tert-OH is 1. The van der Waals surface area contributed by atoms with Gasteiger partial charge in [-0.3, -0.25) is 27.5 Å². The van der Waals surface area contributed by atoms with Crippen LogP contribution in [-0.2, 0) is 43.9 Å². The van der Waals surface area contributed by atoms with E-state index >= 15 is 4.39 Å². The number of nitrogens with zero attached hydrogens (tertiary/aromatic N) is 8. The fraction of sp³-hybridized carbons (Fsp3) is 0.455. The number of nitrogens with two attached hydrogens (primary N) is 1. The van der Waals surface area contributed by atoms with Gasteiger partial charge in [-0.2, -0.15) is 0 Å². The molecule has 3 saturated heterocycles. The number of aromatic nitrogens is 9. The van der Waals surface area contributed by atoms with Crippen molar-refractivity contribution < 1.29 is 46.5 Å². The number of fused-ring (bicyclic) bond motifs is 6. The molecule has 5 aromatic heterocycles. The average molecular weight is 733 g/mol. The first kappa shape index (κ1) is 31.4. The van der Waals surface area contributed by atoms with Gasteiger partial charge in [0.05, 0.1) is 25.9 Å². The molecule has 0 radical (unpaired) electrons. The van der Waals surface area contributed by atoms with Crippen LogP contribution in [0.15, 0.2) is 36.2 Å². The van der Waals surface area contributed by atoms with Crippen molar-refractivity contribution in [3.05, 3.63) is 41.7 Å². The zero-order valence-corrected chi connectivity index (χ0v) is 26.9. The van der Waals surface area contributed by atoms with E-state index in [0.29, 0.717) is 0 Å². The Morgan fingerprint density at radius 2 is 1.77 bits per heavy atom. The quantitative estimate of drug-likeness (QED) is 0.121. The number of imidazole rings is 3. The van der Waals surface area contributed by atoms with E-state index in [9.17, 15) is 19.4 Å². The number of anilines is 1. The summed E-state index contributed by atoms with van der Waals surface area (Å²) in [4.78, 5) is 47.2. The summed E-state index contributed by atoms with van der Waals surface area (Å²) in [5.41, 5.74) is 5.89. The molecule has 0 spiro atoms. The monoisotopic (exact) mass is 732 g/mol. The Hall–Kier alpha value is -2.92. The van der Waals surface area contributed by atoms with Gasteiger partial charge >= 0.3 is 13.5 Å². The van der Waals surface area contributed by atoms with Gasteiger partial charge in [0, 0.05) is 12.4 Å². The molecule has 8 heterocycles. The molecule has 3 fully saturated rings.